The van der Waals surface area contributed by atoms with Gasteiger partial charge < -0.3 is 15.0 Å². The summed E-state index contributed by atoms with van der Waals surface area (Å²) >= 11 is 0. The third-order valence-electron chi connectivity index (χ3n) is 6.30. The topological polar surface area (TPSA) is 27.7 Å². The standard InChI is InChI=1S/C22H24F3N3O/c23-22(24,25)17-6-4-15(5-7-17)16-8-10-27(11-9-16)14-20-26-18-2-1-3-19-21(18)28(20)12-13-29-19/h1-7,16,20,26H,8-14H2. The maximum atomic E-state index is 12.8. The Balaban J connectivity index is 1.20. The normalized spacial score (nSPS) is 22.2. The van der Waals surface area contributed by atoms with Gasteiger partial charge in [0.05, 0.1) is 17.8 Å². The first-order valence-corrected chi connectivity index (χ1v) is 10.2. The molecule has 2 aromatic rings. The van der Waals surface area contributed by atoms with Crippen LogP contribution in [0.15, 0.2) is 42.5 Å². The van der Waals surface area contributed by atoms with Gasteiger partial charge in [0.15, 0.2) is 0 Å². The van der Waals surface area contributed by atoms with E-state index in [9.17, 15) is 13.2 Å². The van der Waals surface area contributed by atoms with Gasteiger partial charge in [0.25, 0.3) is 0 Å². The summed E-state index contributed by atoms with van der Waals surface area (Å²) in [5.41, 5.74) is 2.74. The van der Waals surface area contributed by atoms with Crippen LogP contribution in [0, 0.1) is 0 Å². The Morgan fingerprint density at radius 3 is 2.48 bits per heavy atom. The number of nitrogens with zero attached hydrogens (tertiary/aromatic N) is 2. The second-order valence-electron chi connectivity index (χ2n) is 8.05. The zero-order chi connectivity index (χ0) is 20.0. The number of nitrogens with one attached hydrogen (secondary N) is 1. The lowest BCUT2D eigenvalue weighted by atomic mass is 9.89. The highest BCUT2D eigenvalue weighted by Gasteiger charge is 2.35. The molecule has 1 unspecified atom stereocenters. The SMILES string of the molecule is FC(F)(F)c1ccc(C2CCN(CC3Nc4cccc5c4N3CCO5)CC2)cc1. The minimum Gasteiger partial charge on any atom is -0.489 e. The number of ether oxygens (including phenoxy) is 1. The average Bonchev–Trinajstić information content (AvgIpc) is 3.08. The van der Waals surface area contributed by atoms with Crippen LogP contribution in [0.5, 0.6) is 5.75 Å². The van der Waals surface area contributed by atoms with Crippen LogP contribution in [0.2, 0.25) is 0 Å². The number of likely N-dealkylation sites (tertiary alicyclic amines) is 1. The number of halogens is 3. The molecule has 154 valence electrons. The summed E-state index contributed by atoms with van der Waals surface area (Å²) in [5, 5.41) is 3.62. The second kappa shape index (κ2) is 7.13. The van der Waals surface area contributed by atoms with E-state index in [4.69, 9.17) is 4.74 Å². The zero-order valence-electron chi connectivity index (χ0n) is 16.1. The summed E-state index contributed by atoms with van der Waals surface area (Å²) in [7, 11) is 0. The molecule has 0 bridgehead atoms. The van der Waals surface area contributed by atoms with Crippen LogP contribution >= 0.6 is 0 Å². The van der Waals surface area contributed by atoms with Gasteiger partial charge in [-0.2, -0.15) is 13.2 Å². The van der Waals surface area contributed by atoms with E-state index in [2.05, 4.69) is 21.2 Å². The van der Waals surface area contributed by atoms with Crippen LogP contribution in [0.1, 0.15) is 29.9 Å². The third-order valence-corrected chi connectivity index (χ3v) is 6.30. The van der Waals surface area contributed by atoms with Crippen molar-refractivity contribution >= 4 is 11.4 Å². The first-order chi connectivity index (χ1) is 14.0. The van der Waals surface area contributed by atoms with E-state index >= 15 is 0 Å². The minimum absolute atomic E-state index is 0.234. The number of hydrogen-bond donors (Lipinski definition) is 1. The fraction of sp³-hybridized carbons (Fsp3) is 0.455. The van der Waals surface area contributed by atoms with Crippen molar-refractivity contribution in [2.45, 2.75) is 31.1 Å². The Labute approximate surface area is 168 Å². The van der Waals surface area contributed by atoms with E-state index in [1.165, 1.54) is 17.8 Å². The monoisotopic (exact) mass is 403 g/mol. The molecule has 3 aliphatic rings. The van der Waals surface area contributed by atoms with Crippen molar-refractivity contribution in [3.8, 4) is 5.75 Å². The van der Waals surface area contributed by atoms with E-state index in [0.29, 0.717) is 12.5 Å². The lowest BCUT2D eigenvalue weighted by molar-refractivity contribution is -0.137. The molecule has 0 spiro atoms. The average molecular weight is 403 g/mol. The lowest BCUT2D eigenvalue weighted by Gasteiger charge is -2.37. The summed E-state index contributed by atoms with van der Waals surface area (Å²) in [6.07, 6.45) is -2.09. The van der Waals surface area contributed by atoms with Gasteiger partial charge in [0.2, 0.25) is 0 Å². The van der Waals surface area contributed by atoms with Crippen LogP contribution in [0.4, 0.5) is 24.5 Å². The van der Waals surface area contributed by atoms with Gasteiger partial charge in [-0.05, 0) is 61.7 Å². The van der Waals surface area contributed by atoms with Crippen LogP contribution in [0.25, 0.3) is 0 Å². The van der Waals surface area contributed by atoms with E-state index in [0.717, 1.165) is 56.0 Å². The fourth-order valence-electron chi connectivity index (χ4n) is 4.77. The first-order valence-electron chi connectivity index (χ1n) is 10.2. The van der Waals surface area contributed by atoms with Crippen LogP contribution < -0.4 is 15.0 Å². The minimum atomic E-state index is -4.27. The molecule has 4 nitrogen and oxygen atoms in total. The molecule has 3 aliphatic heterocycles. The second-order valence-corrected chi connectivity index (χ2v) is 8.05. The molecule has 0 amide bonds. The van der Waals surface area contributed by atoms with Crippen molar-refractivity contribution < 1.29 is 17.9 Å². The summed E-state index contributed by atoms with van der Waals surface area (Å²) < 4.78 is 44.1. The quantitative estimate of drug-likeness (QED) is 0.815. The number of benzene rings is 2. The first kappa shape index (κ1) is 18.6. The number of anilines is 2. The van der Waals surface area contributed by atoms with E-state index < -0.39 is 11.7 Å². The highest BCUT2D eigenvalue weighted by Crippen LogP contribution is 2.44. The lowest BCUT2D eigenvalue weighted by Crippen LogP contribution is -2.49. The molecule has 29 heavy (non-hydrogen) atoms. The van der Waals surface area contributed by atoms with Gasteiger partial charge in [0, 0.05) is 6.54 Å². The summed E-state index contributed by atoms with van der Waals surface area (Å²) in [4.78, 5) is 4.86. The molecule has 0 radical (unpaired) electrons. The third kappa shape index (κ3) is 3.52. The van der Waals surface area contributed by atoms with Crippen molar-refractivity contribution in [3.05, 3.63) is 53.6 Å². The largest absolute Gasteiger partial charge is 0.489 e. The molecule has 1 N–H and O–H groups in total. The number of rotatable bonds is 3. The maximum absolute atomic E-state index is 12.8. The predicted molar refractivity (Wildman–Crippen MR) is 107 cm³/mol. The van der Waals surface area contributed by atoms with Crippen molar-refractivity contribution in [2.75, 3.05) is 43.0 Å². The summed E-state index contributed by atoms with van der Waals surface area (Å²) in [6.45, 7) is 4.41. The molecular formula is C22H24F3N3O. The molecule has 0 aliphatic carbocycles. The number of piperidine rings is 1. The predicted octanol–water partition coefficient (Wildman–Crippen LogP) is 4.54. The van der Waals surface area contributed by atoms with Crippen molar-refractivity contribution in [3.63, 3.8) is 0 Å². The summed E-state index contributed by atoms with van der Waals surface area (Å²) in [5.74, 6) is 1.28. The molecular weight excluding hydrogens is 379 g/mol. The number of para-hydroxylation sites is 1. The molecule has 0 saturated carbocycles. The molecule has 2 aromatic carbocycles. The fourth-order valence-corrected chi connectivity index (χ4v) is 4.77. The van der Waals surface area contributed by atoms with Crippen molar-refractivity contribution in [2.24, 2.45) is 0 Å². The Morgan fingerprint density at radius 1 is 1.00 bits per heavy atom. The summed E-state index contributed by atoms with van der Waals surface area (Å²) in [6, 6.07) is 11.8. The Bertz CT molecular complexity index is 876. The van der Waals surface area contributed by atoms with Gasteiger partial charge in [-0.3, -0.25) is 4.90 Å². The molecule has 0 aromatic heterocycles. The van der Waals surface area contributed by atoms with Gasteiger partial charge in [-0.1, -0.05) is 18.2 Å². The molecule has 5 rings (SSSR count). The molecule has 7 heteroatoms. The smallest absolute Gasteiger partial charge is 0.416 e. The van der Waals surface area contributed by atoms with E-state index in [1.54, 1.807) is 12.1 Å². The van der Waals surface area contributed by atoms with Gasteiger partial charge in [0.1, 0.15) is 24.2 Å². The number of alkyl halides is 3. The Kier molecular flexibility index (Phi) is 4.57. The van der Waals surface area contributed by atoms with Crippen molar-refractivity contribution in [1.29, 1.82) is 0 Å². The zero-order valence-corrected chi connectivity index (χ0v) is 16.1. The molecule has 1 saturated heterocycles. The maximum Gasteiger partial charge on any atom is 0.416 e. The molecule has 1 fully saturated rings. The highest BCUT2D eigenvalue weighted by atomic mass is 19.4. The molecule has 3 heterocycles. The van der Waals surface area contributed by atoms with Crippen LogP contribution in [0.3, 0.4) is 0 Å². The van der Waals surface area contributed by atoms with Gasteiger partial charge in [-0.15, -0.1) is 0 Å². The van der Waals surface area contributed by atoms with E-state index in [-0.39, 0.29) is 6.17 Å². The van der Waals surface area contributed by atoms with Crippen molar-refractivity contribution in [1.82, 2.24) is 4.90 Å². The van der Waals surface area contributed by atoms with Crippen LogP contribution in [-0.4, -0.2) is 43.9 Å². The van der Waals surface area contributed by atoms with Gasteiger partial charge in [-0.25, -0.2) is 0 Å². The Morgan fingerprint density at radius 2 is 1.76 bits per heavy atom. The Hall–Kier alpha value is -2.41. The van der Waals surface area contributed by atoms with E-state index in [1.807, 2.05) is 12.1 Å². The van der Waals surface area contributed by atoms with Crippen LogP contribution in [-0.2, 0) is 6.18 Å². The number of hydrogen-bond acceptors (Lipinski definition) is 4. The molecule has 1 atom stereocenters. The highest BCUT2D eigenvalue weighted by molar-refractivity contribution is 5.82. The van der Waals surface area contributed by atoms with Gasteiger partial charge >= 0.3 is 6.18 Å².